The molecule has 2 aromatic rings. The van der Waals surface area contributed by atoms with Crippen molar-refractivity contribution >= 4 is 35.6 Å². The summed E-state index contributed by atoms with van der Waals surface area (Å²) >= 11 is 0. The van der Waals surface area contributed by atoms with E-state index in [2.05, 4.69) is 0 Å². The van der Waals surface area contributed by atoms with Gasteiger partial charge in [0.25, 0.3) is 5.91 Å². The molecule has 2 saturated carbocycles. The number of amides is 2. The van der Waals surface area contributed by atoms with E-state index in [0.717, 1.165) is 36.9 Å². The fourth-order valence-corrected chi connectivity index (χ4v) is 6.20. The van der Waals surface area contributed by atoms with Gasteiger partial charge in [0.15, 0.2) is 12.2 Å². The molecule has 0 unspecified atom stereocenters. The molecule has 2 aliphatic rings. The lowest BCUT2D eigenvalue weighted by Crippen LogP contribution is -2.52. The third-order valence-electron chi connectivity index (χ3n) is 9.87. The molecule has 2 fully saturated rings. The van der Waals surface area contributed by atoms with Crippen LogP contribution in [0, 0.1) is 11.8 Å². The molecule has 0 bridgehead atoms. The summed E-state index contributed by atoms with van der Waals surface area (Å²) < 4.78 is 22.6. The zero-order chi connectivity index (χ0) is 40.3. The number of anilines is 1. The van der Waals surface area contributed by atoms with Crippen molar-refractivity contribution in [1.29, 1.82) is 0 Å². The Balaban J connectivity index is 1.56. The van der Waals surface area contributed by atoms with Crippen molar-refractivity contribution in [2.45, 2.75) is 116 Å². The fraction of sp³-hybridized carbons (Fsp3) is 0.595. The van der Waals surface area contributed by atoms with Crippen molar-refractivity contribution in [3.05, 3.63) is 65.7 Å². The quantitative estimate of drug-likeness (QED) is 0.138. The van der Waals surface area contributed by atoms with E-state index in [1.807, 2.05) is 66.4 Å². The highest BCUT2D eigenvalue weighted by molar-refractivity contribution is 5.90. The highest BCUT2D eigenvalue weighted by Gasteiger charge is 2.42. The van der Waals surface area contributed by atoms with Crippen LogP contribution in [-0.2, 0) is 51.2 Å². The van der Waals surface area contributed by atoms with Gasteiger partial charge in [-0.1, -0.05) is 68.1 Å². The molecule has 13 nitrogen and oxygen atoms in total. The van der Waals surface area contributed by atoms with Crippen molar-refractivity contribution < 1.29 is 48.0 Å². The highest BCUT2D eigenvalue weighted by Crippen LogP contribution is 2.36. The number of nitrogens with zero attached hydrogens (tertiary/aromatic N) is 3. The number of carbonyl (C=O) groups excluding carboxylic acids is 5. The molecule has 0 aromatic heterocycles. The number of ether oxygens (including phenoxy) is 4. The van der Waals surface area contributed by atoms with E-state index < -0.39 is 59.8 Å². The molecule has 13 heteroatoms. The lowest BCUT2D eigenvalue weighted by atomic mass is 10.0. The Hall–Kier alpha value is -4.65. The van der Waals surface area contributed by atoms with Gasteiger partial charge in [0.2, 0.25) is 0 Å². The zero-order valence-electron chi connectivity index (χ0n) is 33.4. The molecule has 0 heterocycles. The van der Waals surface area contributed by atoms with E-state index in [0.29, 0.717) is 31.5 Å². The average Bonchev–Trinajstić information content (AvgIpc) is 4.10. The predicted molar refractivity (Wildman–Crippen MR) is 206 cm³/mol. The van der Waals surface area contributed by atoms with Crippen molar-refractivity contribution in [3.8, 4) is 0 Å². The van der Waals surface area contributed by atoms with Crippen LogP contribution < -0.4 is 4.90 Å². The maximum absolute atomic E-state index is 14.5. The standard InChI is InChI=1S/C42H59N3O10/c1-8-45(22-23-46)33-20-18-31(19-21-33)26-36(54-40(50)35(25-30-16-17-30)44(7)41(51)55-42(3,4)5)37(47)43(6)34(24-29-14-15-29)39(49)53-28(2)38(48)52-27-32-12-10-9-11-13-32/h9-13,18-21,28-30,34-36,46H,8,14-17,22-27H2,1-7H3/t28-,34+,35+,36-/m1/s1. The van der Waals surface area contributed by atoms with Crippen LogP contribution in [0.1, 0.15) is 84.3 Å². The Bertz CT molecular complexity index is 1590. The third kappa shape index (κ3) is 13.6. The summed E-state index contributed by atoms with van der Waals surface area (Å²) in [6.07, 6.45) is 0.979. The first kappa shape index (κ1) is 43.1. The maximum atomic E-state index is 14.5. The molecule has 0 aliphatic heterocycles. The van der Waals surface area contributed by atoms with Crippen LogP contribution in [0.25, 0.3) is 0 Å². The Labute approximate surface area is 325 Å². The molecule has 2 aromatic carbocycles. The van der Waals surface area contributed by atoms with E-state index in [1.54, 1.807) is 20.8 Å². The van der Waals surface area contributed by atoms with Crippen molar-refractivity contribution in [2.75, 3.05) is 38.7 Å². The second-order valence-corrected chi connectivity index (χ2v) is 15.7. The van der Waals surface area contributed by atoms with Gasteiger partial charge < -0.3 is 33.9 Å². The van der Waals surface area contributed by atoms with Gasteiger partial charge in [0.05, 0.1) is 6.61 Å². The maximum Gasteiger partial charge on any atom is 0.410 e. The van der Waals surface area contributed by atoms with E-state index in [1.165, 1.54) is 30.8 Å². The number of aliphatic hydroxyl groups excluding tert-OH is 1. The van der Waals surface area contributed by atoms with Gasteiger partial charge >= 0.3 is 24.0 Å². The van der Waals surface area contributed by atoms with E-state index >= 15 is 0 Å². The minimum atomic E-state index is -1.36. The smallest absolute Gasteiger partial charge is 0.410 e. The molecule has 4 atom stereocenters. The number of esters is 3. The Kier molecular flexibility index (Phi) is 15.5. The predicted octanol–water partition coefficient (Wildman–Crippen LogP) is 5.30. The Morgan fingerprint density at radius 2 is 1.35 bits per heavy atom. The molecule has 2 aliphatic carbocycles. The minimum absolute atomic E-state index is 0.00761. The number of hydrogen-bond donors (Lipinski definition) is 1. The number of likely N-dealkylation sites (N-methyl/N-ethyl adjacent to an activating group) is 3. The first-order valence-electron chi connectivity index (χ1n) is 19.4. The van der Waals surface area contributed by atoms with Gasteiger partial charge in [0.1, 0.15) is 24.3 Å². The van der Waals surface area contributed by atoms with Gasteiger partial charge in [-0.05, 0) is 82.6 Å². The average molecular weight is 766 g/mol. The Morgan fingerprint density at radius 3 is 1.87 bits per heavy atom. The first-order valence-corrected chi connectivity index (χ1v) is 19.4. The lowest BCUT2D eigenvalue weighted by Gasteiger charge is -2.33. The summed E-state index contributed by atoms with van der Waals surface area (Å²) in [5.74, 6) is -2.44. The lowest BCUT2D eigenvalue weighted by molar-refractivity contribution is -0.174. The SMILES string of the molecule is CCN(CCO)c1ccc(C[C@@H](OC(=O)[C@H](CC2CC2)N(C)C(=O)OC(C)(C)C)C(=O)N(C)[C@@H](CC2CC2)C(=O)O[C@H](C)C(=O)OCc2ccccc2)cc1. The fourth-order valence-electron chi connectivity index (χ4n) is 6.20. The second-order valence-electron chi connectivity index (χ2n) is 15.7. The molecule has 1 N–H and O–H groups in total. The normalized spacial score (nSPS) is 16.1. The molecule has 55 heavy (non-hydrogen) atoms. The molecule has 302 valence electrons. The summed E-state index contributed by atoms with van der Waals surface area (Å²) in [6, 6.07) is 14.5. The minimum Gasteiger partial charge on any atom is -0.458 e. The van der Waals surface area contributed by atoms with Crippen LogP contribution in [0.3, 0.4) is 0 Å². The van der Waals surface area contributed by atoms with Crippen LogP contribution in [0.5, 0.6) is 0 Å². The Morgan fingerprint density at radius 1 is 0.782 bits per heavy atom. The molecular weight excluding hydrogens is 706 g/mol. The van der Waals surface area contributed by atoms with Crippen LogP contribution in [0.2, 0.25) is 0 Å². The first-order chi connectivity index (χ1) is 26.1. The van der Waals surface area contributed by atoms with Crippen molar-refractivity contribution in [1.82, 2.24) is 9.80 Å². The van der Waals surface area contributed by atoms with Gasteiger partial charge in [-0.2, -0.15) is 0 Å². The molecular formula is C42H59N3O10. The number of hydrogen-bond acceptors (Lipinski definition) is 11. The second kappa shape index (κ2) is 19.8. The van der Waals surface area contributed by atoms with Crippen LogP contribution in [0.4, 0.5) is 10.5 Å². The summed E-state index contributed by atoms with van der Waals surface area (Å²) in [6.45, 7) is 9.77. The van der Waals surface area contributed by atoms with E-state index in [-0.39, 0.29) is 31.5 Å². The number of aliphatic hydroxyl groups is 1. The molecule has 0 radical (unpaired) electrons. The van der Waals surface area contributed by atoms with Crippen LogP contribution in [-0.4, -0.2) is 108 Å². The molecule has 4 rings (SSSR count). The highest BCUT2D eigenvalue weighted by atomic mass is 16.6. The summed E-state index contributed by atoms with van der Waals surface area (Å²) in [5, 5.41) is 9.50. The molecule has 0 saturated heterocycles. The van der Waals surface area contributed by atoms with Crippen molar-refractivity contribution in [2.24, 2.45) is 11.8 Å². The topological polar surface area (TPSA) is 152 Å². The molecule has 0 spiro atoms. The third-order valence-corrected chi connectivity index (χ3v) is 9.87. The number of rotatable bonds is 20. The van der Waals surface area contributed by atoms with Crippen LogP contribution >= 0.6 is 0 Å². The summed E-state index contributed by atoms with van der Waals surface area (Å²) in [5.41, 5.74) is 1.56. The summed E-state index contributed by atoms with van der Waals surface area (Å²) in [7, 11) is 2.96. The van der Waals surface area contributed by atoms with Gasteiger partial charge in [0, 0.05) is 39.3 Å². The van der Waals surface area contributed by atoms with E-state index in [9.17, 15) is 29.1 Å². The summed E-state index contributed by atoms with van der Waals surface area (Å²) in [4.78, 5) is 72.7. The largest absolute Gasteiger partial charge is 0.458 e. The van der Waals surface area contributed by atoms with Gasteiger partial charge in [-0.25, -0.2) is 19.2 Å². The monoisotopic (exact) mass is 765 g/mol. The van der Waals surface area contributed by atoms with Gasteiger partial charge in [-0.15, -0.1) is 0 Å². The van der Waals surface area contributed by atoms with E-state index in [4.69, 9.17) is 18.9 Å². The zero-order valence-corrected chi connectivity index (χ0v) is 33.4. The van der Waals surface area contributed by atoms with Gasteiger partial charge in [-0.3, -0.25) is 9.69 Å². The number of benzene rings is 2. The number of carbonyl (C=O) groups is 5. The molecule has 2 amide bonds. The van der Waals surface area contributed by atoms with Crippen LogP contribution in [0.15, 0.2) is 54.6 Å². The van der Waals surface area contributed by atoms with Crippen molar-refractivity contribution in [3.63, 3.8) is 0 Å².